The zero-order valence-electron chi connectivity index (χ0n) is 15.3. The second-order valence-corrected chi connectivity index (χ2v) is 7.63. The van der Waals surface area contributed by atoms with Crippen LogP contribution in [0, 0.1) is 11.7 Å². The number of carbonyl (C=O) groups excluding carboxylic acids is 2. The number of amides is 2. The monoisotopic (exact) mass is 388 g/mol. The van der Waals surface area contributed by atoms with E-state index in [1.54, 1.807) is 11.0 Å². The first kappa shape index (κ1) is 19.4. The Hall–Kier alpha value is -2.40. The lowest BCUT2D eigenvalue weighted by molar-refractivity contribution is -0.140. The smallest absolute Gasteiger partial charge is 0.247 e. The number of nitrogens with one attached hydrogen (secondary N) is 1. The molecule has 1 heterocycles. The summed E-state index contributed by atoms with van der Waals surface area (Å²) in [6, 6.07) is 11.3. The number of hydrogen-bond donors (Lipinski definition) is 1. The summed E-state index contributed by atoms with van der Waals surface area (Å²) in [6.07, 6.45) is 0.809. The Bertz CT molecular complexity index is 869. The van der Waals surface area contributed by atoms with Crippen LogP contribution in [0.1, 0.15) is 31.4 Å². The number of halogens is 2. The van der Waals surface area contributed by atoms with Crippen molar-refractivity contribution in [1.29, 1.82) is 0 Å². The fraction of sp³-hybridized carbons (Fsp3) is 0.333. The van der Waals surface area contributed by atoms with Crippen LogP contribution in [-0.4, -0.2) is 22.8 Å². The summed E-state index contributed by atoms with van der Waals surface area (Å²) in [5, 5.41) is 2.71. The molecule has 2 amide bonds. The third kappa shape index (κ3) is 4.48. The second-order valence-electron chi connectivity index (χ2n) is 7.23. The minimum absolute atomic E-state index is 0.00618. The van der Waals surface area contributed by atoms with Crippen molar-refractivity contribution in [2.45, 2.75) is 39.3 Å². The summed E-state index contributed by atoms with van der Waals surface area (Å²) in [5.41, 5.74) is 2.42. The van der Waals surface area contributed by atoms with Crippen LogP contribution in [0.3, 0.4) is 0 Å². The first-order valence-corrected chi connectivity index (χ1v) is 9.35. The Kier molecular flexibility index (Phi) is 5.80. The zero-order chi connectivity index (χ0) is 19.6. The summed E-state index contributed by atoms with van der Waals surface area (Å²) in [4.78, 5) is 27.3. The van der Waals surface area contributed by atoms with E-state index in [9.17, 15) is 14.0 Å². The molecule has 2 aromatic carbocycles. The van der Waals surface area contributed by atoms with Crippen molar-refractivity contribution < 1.29 is 14.0 Å². The highest BCUT2D eigenvalue weighted by molar-refractivity contribution is 6.30. The van der Waals surface area contributed by atoms with Gasteiger partial charge in [-0.05, 0) is 35.2 Å². The molecule has 0 aliphatic carbocycles. The summed E-state index contributed by atoms with van der Waals surface area (Å²) >= 11 is 5.69. The standard InChI is InChI=1S/C21H22ClFN2O2/c1-13(2)9-20(26)25-12-15-6-4-3-5-14(15)10-19(25)21(27)24-16-7-8-17(22)18(23)11-16/h3-8,11,13,19H,9-10,12H2,1-2H3,(H,24,27). The highest BCUT2D eigenvalue weighted by atomic mass is 35.5. The number of nitrogens with zero attached hydrogens (tertiary/aromatic N) is 1. The topological polar surface area (TPSA) is 49.4 Å². The summed E-state index contributed by atoms with van der Waals surface area (Å²) in [7, 11) is 0. The Morgan fingerprint density at radius 2 is 1.93 bits per heavy atom. The number of carbonyl (C=O) groups is 2. The first-order valence-electron chi connectivity index (χ1n) is 8.97. The molecule has 0 aromatic heterocycles. The molecular weight excluding hydrogens is 367 g/mol. The molecule has 2 aromatic rings. The lowest BCUT2D eigenvalue weighted by atomic mass is 9.92. The number of anilines is 1. The summed E-state index contributed by atoms with van der Waals surface area (Å²) in [6.45, 7) is 4.34. The van der Waals surface area contributed by atoms with E-state index < -0.39 is 11.9 Å². The Balaban J connectivity index is 1.85. The third-order valence-corrected chi connectivity index (χ3v) is 4.95. The molecule has 0 saturated carbocycles. The molecular formula is C21H22ClFN2O2. The molecule has 1 N–H and O–H groups in total. The van der Waals surface area contributed by atoms with Gasteiger partial charge in [0.25, 0.3) is 0 Å². The molecule has 0 fully saturated rings. The lowest BCUT2D eigenvalue weighted by Gasteiger charge is -2.36. The van der Waals surface area contributed by atoms with Gasteiger partial charge in [-0.25, -0.2) is 4.39 Å². The van der Waals surface area contributed by atoms with Gasteiger partial charge in [-0.15, -0.1) is 0 Å². The van der Waals surface area contributed by atoms with Gasteiger partial charge in [0, 0.05) is 25.1 Å². The number of fused-ring (bicyclic) bond motifs is 1. The van der Waals surface area contributed by atoms with Crippen LogP contribution < -0.4 is 5.32 Å². The van der Waals surface area contributed by atoms with Crippen molar-refractivity contribution in [2.75, 3.05) is 5.32 Å². The van der Waals surface area contributed by atoms with Gasteiger partial charge in [-0.1, -0.05) is 49.7 Å². The van der Waals surface area contributed by atoms with Crippen LogP contribution in [0.25, 0.3) is 0 Å². The maximum atomic E-state index is 13.7. The fourth-order valence-corrected chi connectivity index (χ4v) is 3.40. The molecule has 1 aliphatic heterocycles. The third-order valence-electron chi connectivity index (χ3n) is 4.64. The van der Waals surface area contributed by atoms with Gasteiger partial charge >= 0.3 is 0 Å². The largest absolute Gasteiger partial charge is 0.326 e. The van der Waals surface area contributed by atoms with E-state index in [0.29, 0.717) is 25.1 Å². The minimum Gasteiger partial charge on any atom is -0.326 e. The van der Waals surface area contributed by atoms with Crippen LogP contribution in [0.15, 0.2) is 42.5 Å². The van der Waals surface area contributed by atoms with Gasteiger partial charge in [0.1, 0.15) is 11.9 Å². The van der Waals surface area contributed by atoms with Crippen molar-refractivity contribution in [3.63, 3.8) is 0 Å². The van der Waals surface area contributed by atoms with E-state index in [1.165, 1.54) is 12.1 Å². The lowest BCUT2D eigenvalue weighted by Crippen LogP contribution is -2.50. The van der Waals surface area contributed by atoms with E-state index >= 15 is 0 Å². The van der Waals surface area contributed by atoms with Crippen LogP contribution >= 0.6 is 11.6 Å². The molecule has 3 rings (SSSR count). The molecule has 142 valence electrons. The maximum absolute atomic E-state index is 13.7. The zero-order valence-corrected chi connectivity index (χ0v) is 16.1. The minimum atomic E-state index is -0.634. The van der Waals surface area contributed by atoms with Crippen LogP contribution in [0.4, 0.5) is 10.1 Å². The molecule has 0 radical (unpaired) electrons. The van der Waals surface area contributed by atoms with Crippen molar-refractivity contribution in [1.82, 2.24) is 4.90 Å². The molecule has 1 unspecified atom stereocenters. The van der Waals surface area contributed by atoms with E-state index in [2.05, 4.69) is 5.32 Å². The van der Waals surface area contributed by atoms with E-state index in [4.69, 9.17) is 11.6 Å². The van der Waals surface area contributed by atoms with Gasteiger partial charge in [-0.3, -0.25) is 9.59 Å². The Morgan fingerprint density at radius 3 is 2.59 bits per heavy atom. The molecule has 27 heavy (non-hydrogen) atoms. The van der Waals surface area contributed by atoms with Crippen LogP contribution in [-0.2, 0) is 22.6 Å². The molecule has 4 nitrogen and oxygen atoms in total. The number of benzene rings is 2. The van der Waals surface area contributed by atoms with Gasteiger partial charge in [0.2, 0.25) is 11.8 Å². The van der Waals surface area contributed by atoms with Gasteiger partial charge < -0.3 is 10.2 Å². The molecule has 6 heteroatoms. The summed E-state index contributed by atoms with van der Waals surface area (Å²) in [5.74, 6) is -0.787. The molecule has 1 aliphatic rings. The van der Waals surface area contributed by atoms with E-state index in [0.717, 1.165) is 11.1 Å². The predicted molar refractivity (Wildman–Crippen MR) is 104 cm³/mol. The van der Waals surface area contributed by atoms with Crippen molar-refractivity contribution >= 4 is 29.1 Å². The van der Waals surface area contributed by atoms with Crippen LogP contribution in [0.5, 0.6) is 0 Å². The Morgan fingerprint density at radius 1 is 1.22 bits per heavy atom. The van der Waals surface area contributed by atoms with Crippen molar-refractivity contribution in [3.8, 4) is 0 Å². The van der Waals surface area contributed by atoms with Gasteiger partial charge in [0.05, 0.1) is 5.02 Å². The normalized spacial score (nSPS) is 16.2. The van der Waals surface area contributed by atoms with E-state index in [1.807, 2.05) is 38.1 Å². The average Bonchev–Trinajstić information content (AvgIpc) is 2.63. The van der Waals surface area contributed by atoms with Gasteiger partial charge in [0.15, 0.2) is 0 Å². The highest BCUT2D eigenvalue weighted by Crippen LogP contribution is 2.26. The highest BCUT2D eigenvalue weighted by Gasteiger charge is 2.34. The number of hydrogen-bond acceptors (Lipinski definition) is 2. The quantitative estimate of drug-likeness (QED) is 0.843. The maximum Gasteiger partial charge on any atom is 0.247 e. The second kappa shape index (κ2) is 8.09. The summed E-state index contributed by atoms with van der Waals surface area (Å²) < 4.78 is 13.7. The van der Waals surface area contributed by atoms with Gasteiger partial charge in [-0.2, -0.15) is 0 Å². The molecule has 0 bridgehead atoms. The SMILES string of the molecule is CC(C)CC(=O)N1Cc2ccccc2CC1C(=O)Nc1ccc(Cl)c(F)c1. The molecule has 0 spiro atoms. The fourth-order valence-electron chi connectivity index (χ4n) is 3.29. The molecule has 0 saturated heterocycles. The Labute approximate surface area is 163 Å². The number of rotatable bonds is 4. The predicted octanol–water partition coefficient (Wildman–Crippen LogP) is 4.42. The molecule has 1 atom stereocenters. The first-order chi connectivity index (χ1) is 12.8. The van der Waals surface area contributed by atoms with Crippen LogP contribution in [0.2, 0.25) is 5.02 Å². The average molecular weight is 389 g/mol. The van der Waals surface area contributed by atoms with E-state index in [-0.39, 0.29) is 22.8 Å². The van der Waals surface area contributed by atoms with Crippen molar-refractivity contribution in [2.24, 2.45) is 5.92 Å². The van der Waals surface area contributed by atoms with Crippen molar-refractivity contribution in [3.05, 3.63) is 64.4 Å².